The smallest absolute Gasteiger partial charge is 0.254 e. The second-order valence-corrected chi connectivity index (χ2v) is 13.1. The molecule has 1 N–H and O–H groups in total. The Hall–Kier alpha value is -3.04. The highest BCUT2D eigenvalue weighted by molar-refractivity contribution is 5.98. The van der Waals surface area contributed by atoms with Gasteiger partial charge in [0.25, 0.3) is 5.91 Å². The number of carbonyl (C=O) groups excluding carboxylic acids is 1. The van der Waals surface area contributed by atoms with Crippen LogP contribution >= 0.6 is 0 Å². The zero-order valence-corrected chi connectivity index (χ0v) is 24.9. The number of ether oxygens (including phenoxy) is 3. The molecule has 4 saturated heterocycles. The number of hydrogen-bond donors (Lipinski definition) is 1. The van der Waals surface area contributed by atoms with Gasteiger partial charge < -0.3 is 24.4 Å². The van der Waals surface area contributed by atoms with Gasteiger partial charge in [-0.05, 0) is 85.7 Å². The number of likely N-dealkylation sites (tertiary alicyclic amines) is 1. The van der Waals surface area contributed by atoms with E-state index in [2.05, 4.69) is 40.5 Å². The maximum Gasteiger partial charge on any atom is 0.254 e. The molecule has 226 valence electrons. The van der Waals surface area contributed by atoms with Crippen LogP contribution in [0.5, 0.6) is 5.75 Å². The molecule has 5 aliphatic rings. The molecule has 8 rings (SSSR count). The summed E-state index contributed by atoms with van der Waals surface area (Å²) in [6.45, 7) is 8.67. The average Bonchev–Trinajstić information content (AvgIpc) is 3.60. The Balaban J connectivity index is 0.939. The molecule has 1 aromatic heterocycles. The molecular weight excluding hydrogens is 540 g/mol. The van der Waals surface area contributed by atoms with Crippen LogP contribution in [0, 0.1) is 0 Å². The van der Waals surface area contributed by atoms with Crippen molar-refractivity contribution in [2.24, 2.45) is 0 Å². The summed E-state index contributed by atoms with van der Waals surface area (Å²) in [7, 11) is 0. The fraction of sp³-hybridized carbons (Fsp3) is 0.543. The summed E-state index contributed by atoms with van der Waals surface area (Å²) in [5.41, 5.74) is 6.97. The van der Waals surface area contributed by atoms with Crippen molar-refractivity contribution < 1.29 is 19.0 Å². The minimum absolute atomic E-state index is 0.150. The van der Waals surface area contributed by atoms with Gasteiger partial charge in [0.05, 0.1) is 18.7 Å². The Labute approximate surface area is 253 Å². The Morgan fingerprint density at radius 3 is 2.70 bits per heavy atom. The first-order valence-electron chi connectivity index (χ1n) is 16.3. The maximum absolute atomic E-state index is 13.1. The van der Waals surface area contributed by atoms with Crippen molar-refractivity contribution in [3.8, 4) is 5.75 Å². The number of fused-ring (bicyclic) bond motifs is 2. The van der Waals surface area contributed by atoms with Crippen LogP contribution < -0.4 is 10.1 Å². The number of benzene rings is 2. The van der Waals surface area contributed by atoms with Crippen LogP contribution in [0.25, 0.3) is 10.9 Å². The molecule has 2 atom stereocenters. The minimum atomic E-state index is 0.150. The molecule has 8 nitrogen and oxygen atoms in total. The topological polar surface area (TPSA) is 76.2 Å². The van der Waals surface area contributed by atoms with E-state index in [4.69, 9.17) is 19.2 Å². The Morgan fingerprint density at radius 2 is 1.88 bits per heavy atom. The summed E-state index contributed by atoms with van der Waals surface area (Å²) >= 11 is 0. The number of pyridine rings is 1. The molecule has 1 amide bonds. The molecule has 6 heterocycles. The zero-order chi connectivity index (χ0) is 28.8. The maximum atomic E-state index is 13.1. The Kier molecular flexibility index (Phi) is 7.55. The molecule has 0 spiro atoms. The number of carbonyl (C=O) groups is 1. The van der Waals surface area contributed by atoms with E-state index in [-0.39, 0.29) is 12.0 Å². The molecule has 5 aliphatic heterocycles. The first-order valence-corrected chi connectivity index (χ1v) is 16.3. The summed E-state index contributed by atoms with van der Waals surface area (Å²) in [5.74, 6) is 1.96. The lowest BCUT2D eigenvalue weighted by atomic mass is 9.91. The predicted octanol–water partition coefficient (Wildman–Crippen LogP) is 4.60. The summed E-state index contributed by atoms with van der Waals surface area (Å²) in [5, 5.41) is 4.67. The van der Waals surface area contributed by atoms with Crippen LogP contribution in [0.1, 0.15) is 76.7 Å². The molecule has 0 radical (unpaired) electrons. The summed E-state index contributed by atoms with van der Waals surface area (Å²) in [4.78, 5) is 22.8. The number of nitrogens with one attached hydrogen (secondary N) is 1. The van der Waals surface area contributed by atoms with Gasteiger partial charge in [-0.25, -0.2) is 0 Å². The third-order valence-electron chi connectivity index (χ3n) is 10.2. The van der Waals surface area contributed by atoms with Gasteiger partial charge in [0.1, 0.15) is 11.9 Å². The lowest BCUT2D eigenvalue weighted by Crippen LogP contribution is -2.46. The van der Waals surface area contributed by atoms with Gasteiger partial charge in [0.2, 0.25) is 0 Å². The number of piperidine rings is 1. The van der Waals surface area contributed by atoms with E-state index in [0.717, 1.165) is 114 Å². The van der Waals surface area contributed by atoms with E-state index in [1.807, 2.05) is 17.0 Å². The standard InChI is InChI=1S/C35H42N4O4/c40-35-31-5-4-29(16-26(31)19-39(35)28-2-1-10-36-17-28)43-30-7-11-38(20-30)18-23-14-25-3-6-33(24-8-12-41-13-9-24)37-34(25)32(15-23)27-21-42-22-27/h3-6,14-16,24,27-28,30,36H,1-2,7-13,17-22H2/t28-,30-/m0/s1. The largest absolute Gasteiger partial charge is 0.489 e. The molecule has 0 unspecified atom stereocenters. The molecule has 2 aromatic carbocycles. The number of aromatic nitrogens is 1. The summed E-state index contributed by atoms with van der Waals surface area (Å²) in [6.07, 6.45) is 5.46. The van der Waals surface area contributed by atoms with E-state index in [1.54, 1.807) is 0 Å². The first kappa shape index (κ1) is 27.5. The normalized spacial score (nSPS) is 25.3. The van der Waals surface area contributed by atoms with E-state index in [1.165, 1.54) is 22.2 Å². The van der Waals surface area contributed by atoms with Gasteiger partial charge in [-0.3, -0.25) is 14.7 Å². The third-order valence-corrected chi connectivity index (χ3v) is 10.2. The highest BCUT2D eigenvalue weighted by Gasteiger charge is 2.34. The van der Waals surface area contributed by atoms with Crippen molar-refractivity contribution in [1.82, 2.24) is 20.1 Å². The molecule has 3 aromatic rings. The van der Waals surface area contributed by atoms with Crippen molar-refractivity contribution in [3.05, 3.63) is 70.4 Å². The minimum Gasteiger partial charge on any atom is -0.489 e. The highest BCUT2D eigenvalue weighted by Crippen LogP contribution is 2.35. The number of rotatable bonds is 7. The van der Waals surface area contributed by atoms with E-state index in [0.29, 0.717) is 24.4 Å². The number of amides is 1. The molecular formula is C35H42N4O4. The van der Waals surface area contributed by atoms with E-state index >= 15 is 0 Å². The van der Waals surface area contributed by atoms with Crippen molar-refractivity contribution in [2.45, 2.75) is 69.2 Å². The van der Waals surface area contributed by atoms with Crippen molar-refractivity contribution in [2.75, 3.05) is 52.6 Å². The van der Waals surface area contributed by atoms with Crippen molar-refractivity contribution >= 4 is 16.8 Å². The monoisotopic (exact) mass is 582 g/mol. The van der Waals surface area contributed by atoms with Crippen molar-refractivity contribution in [1.29, 1.82) is 0 Å². The SMILES string of the molecule is O=C1c2ccc(O[C@H]3CCN(Cc4cc(C5COC5)c5nc(C6CCOCC6)ccc5c4)C3)cc2CN1[C@H]1CCCNC1. The van der Waals surface area contributed by atoms with Gasteiger partial charge >= 0.3 is 0 Å². The molecule has 0 saturated carbocycles. The number of nitrogens with zero attached hydrogens (tertiary/aromatic N) is 3. The fourth-order valence-corrected chi connectivity index (χ4v) is 7.66. The van der Waals surface area contributed by atoms with Crippen LogP contribution in [0.4, 0.5) is 0 Å². The van der Waals surface area contributed by atoms with Crippen LogP contribution in [0.15, 0.2) is 42.5 Å². The van der Waals surface area contributed by atoms with Gasteiger partial charge in [0.15, 0.2) is 0 Å². The lowest BCUT2D eigenvalue weighted by Gasteiger charge is -2.31. The number of hydrogen-bond acceptors (Lipinski definition) is 7. The van der Waals surface area contributed by atoms with Gasteiger partial charge in [-0.1, -0.05) is 12.1 Å². The molecule has 8 heteroatoms. The Bertz CT molecular complexity index is 1490. The first-order chi connectivity index (χ1) is 21.2. The van der Waals surface area contributed by atoms with Crippen LogP contribution in [-0.2, 0) is 22.6 Å². The Morgan fingerprint density at radius 1 is 0.977 bits per heavy atom. The zero-order valence-electron chi connectivity index (χ0n) is 24.9. The van der Waals surface area contributed by atoms with Crippen LogP contribution in [0.3, 0.4) is 0 Å². The van der Waals surface area contributed by atoms with Crippen molar-refractivity contribution in [3.63, 3.8) is 0 Å². The average molecular weight is 583 g/mol. The fourth-order valence-electron chi connectivity index (χ4n) is 7.66. The van der Waals surface area contributed by atoms with Crippen LogP contribution in [-0.4, -0.2) is 85.4 Å². The predicted molar refractivity (Wildman–Crippen MR) is 165 cm³/mol. The molecule has 4 fully saturated rings. The van der Waals surface area contributed by atoms with E-state index < -0.39 is 0 Å². The van der Waals surface area contributed by atoms with Gasteiger partial charge in [-0.15, -0.1) is 0 Å². The highest BCUT2D eigenvalue weighted by atomic mass is 16.5. The van der Waals surface area contributed by atoms with Gasteiger partial charge in [0, 0.05) is 80.5 Å². The second-order valence-electron chi connectivity index (χ2n) is 13.1. The van der Waals surface area contributed by atoms with E-state index in [9.17, 15) is 4.79 Å². The molecule has 0 aliphatic carbocycles. The summed E-state index contributed by atoms with van der Waals surface area (Å²) in [6, 6.07) is 15.6. The summed E-state index contributed by atoms with van der Waals surface area (Å²) < 4.78 is 17.7. The molecule has 43 heavy (non-hydrogen) atoms. The lowest BCUT2D eigenvalue weighted by molar-refractivity contribution is 0.00889. The second kappa shape index (κ2) is 11.8. The van der Waals surface area contributed by atoms with Crippen LogP contribution in [0.2, 0.25) is 0 Å². The molecule has 0 bridgehead atoms. The third kappa shape index (κ3) is 5.55. The van der Waals surface area contributed by atoms with Gasteiger partial charge in [-0.2, -0.15) is 0 Å². The quantitative estimate of drug-likeness (QED) is 0.436.